The van der Waals surface area contributed by atoms with Crippen molar-refractivity contribution in [3.8, 4) is 0 Å². The van der Waals surface area contributed by atoms with E-state index in [2.05, 4.69) is 6.58 Å². The van der Waals surface area contributed by atoms with Crippen molar-refractivity contribution in [2.24, 2.45) is 28.6 Å². The van der Waals surface area contributed by atoms with Crippen LogP contribution in [0.4, 0.5) is 0 Å². The van der Waals surface area contributed by atoms with Gasteiger partial charge in [0.1, 0.15) is 18.3 Å². The molecule has 0 amide bonds. The summed E-state index contributed by atoms with van der Waals surface area (Å²) in [5.41, 5.74) is -0.730. The fourth-order valence-corrected chi connectivity index (χ4v) is 7.14. The summed E-state index contributed by atoms with van der Waals surface area (Å²) in [6, 6.07) is 0. The Labute approximate surface area is 156 Å². The molecule has 4 fully saturated rings. The Morgan fingerprint density at radius 2 is 1.93 bits per heavy atom. The third-order valence-corrected chi connectivity index (χ3v) is 8.19. The second kappa shape index (κ2) is 4.89. The van der Waals surface area contributed by atoms with Gasteiger partial charge >= 0.3 is 5.97 Å². The number of ketones is 1. The highest BCUT2D eigenvalue weighted by molar-refractivity contribution is 5.96. The highest BCUT2D eigenvalue weighted by Gasteiger charge is 2.81. The van der Waals surface area contributed by atoms with Gasteiger partial charge in [0.05, 0.1) is 13.0 Å². The Morgan fingerprint density at radius 1 is 1.22 bits per heavy atom. The minimum absolute atomic E-state index is 0.0436. The zero-order valence-corrected chi connectivity index (χ0v) is 15.3. The summed E-state index contributed by atoms with van der Waals surface area (Å²) in [7, 11) is 0. The second-order valence-corrected chi connectivity index (χ2v) is 9.15. The van der Waals surface area contributed by atoms with Crippen LogP contribution in [0.5, 0.6) is 0 Å². The van der Waals surface area contributed by atoms with E-state index >= 15 is 0 Å². The zero-order chi connectivity index (χ0) is 19.5. The molecule has 2 saturated heterocycles. The Morgan fingerprint density at radius 3 is 2.63 bits per heavy atom. The van der Waals surface area contributed by atoms with Crippen molar-refractivity contribution in [2.45, 2.75) is 50.8 Å². The molecule has 1 spiro atoms. The summed E-state index contributed by atoms with van der Waals surface area (Å²) in [6.45, 7) is 7.64. The predicted molar refractivity (Wildman–Crippen MR) is 90.9 cm³/mol. The van der Waals surface area contributed by atoms with E-state index < -0.39 is 52.5 Å². The van der Waals surface area contributed by atoms with Gasteiger partial charge in [-0.25, -0.2) is 0 Å². The summed E-state index contributed by atoms with van der Waals surface area (Å²) >= 11 is 0. The number of carbonyl (C=O) groups excluding carboxylic acids is 2. The first-order chi connectivity index (χ1) is 12.6. The largest absolute Gasteiger partial charge is 0.462 e. The lowest BCUT2D eigenvalue weighted by Crippen LogP contribution is -2.74. The van der Waals surface area contributed by atoms with E-state index in [1.54, 1.807) is 6.92 Å². The van der Waals surface area contributed by atoms with Gasteiger partial charge in [-0.1, -0.05) is 19.1 Å². The van der Waals surface area contributed by atoms with Crippen LogP contribution in [0.1, 0.15) is 26.7 Å². The fourth-order valence-electron chi connectivity index (χ4n) is 7.14. The van der Waals surface area contributed by atoms with Crippen LogP contribution in [0.2, 0.25) is 0 Å². The van der Waals surface area contributed by atoms with Crippen molar-refractivity contribution in [2.75, 3.05) is 6.61 Å². The summed E-state index contributed by atoms with van der Waals surface area (Å²) in [6.07, 6.45) is -1.36. The van der Waals surface area contributed by atoms with E-state index in [-0.39, 0.29) is 24.9 Å². The third kappa shape index (κ3) is 1.69. The number of ether oxygens (including phenoxy) is 2. The Bertz CT molecular complexity index is 817. The lowest BCUT2D eigenvalue weighted by molar-refractivity contribution is -0.305. The standard InChI is InChI=1S/C20H24O7/c1-8-4-12(21)16(24)18(3)10(8)5-13-19-7-26-20(25,17(18)19)15(23)9(2)11(19)6-14(22)27-13/h4,10-11,13,15-17,23-25H,2,5-7H2,1,3H3/t10-,11-,13+,15+,16+,17?,18+,19+,20-/m0/s1. The van der Waals surface area contributed by atoms with E-state index in [0.29, 0.717) is 12.0 Å². The molecule has 0 radical (unpaired) electrons. The van der Waals surface area contributed by atoms with Crippen LogP contribution in [-0.4, -0.2) is 57.8 Å². The van der Waals surface area contributed by atoms with Crippen LogP contribution in [0, 0.1) is 28.6 Å². The molecule has 0 aromatic heterocycles. The van der Waals surface area contributed by atoms with Gasteiger partial charge in [0.25, 0.3) is 0 Å². The van der Waals surface area contributed by atoms with Crippen LogP contribution < -0.4 is 0 Å². The normalized spacial score (nSPS) is 56.2. The molecule has 0 aromatic rings. The van der Waals surface area contributed by atoms with Crippen LogP contribution in [0.15, 0.2) is 23.8 Å². The van der Waals surface area contributed by atoms with Gasteiger partial charge in [0.15, 0.2) is 11.6 Å². The van der Waals surface area contributed by atoms with Crippen molar-refractivity contribution < 1.29 is 34.4 Å². The molecule has 3 aliphatic carbocycles. The first-order valence-corrected chi connectivity index (χ1v) is 9.41. The van der Waals surface area contributed by atoms with Crippen LogP contribution >= 0.6 is 0 Å². The molecule has 2 heterocycles. The van der Waals surface area contributed by atoms with Crippen LogP contribution in [-0.2, 0) is 19.1 Å². The molecule has 5 rings (SSSR count). The quantitative estimate of drug-likeness (QED) is 0.405. The highest BCUT2D eigenvalue weighted by atomic mass is 16.6. The molecular weight excluding hydrogens is 352 g/mol. The first-order valence-electron chi connectivity index (χ1n) is 9.41. The summed E-state index contributed by atoms with van der Waals surface area (Å²) < 4.78 is 11.5. The fraction of sp³-hybridized carbons (Fsp3) is 0.700. The van der Waals surface area contributed by atoms with Gasteiger partial charge in [0.2, 0.25) is 0 Å². The molecule has 7 heteroatoms. The van der Waals surface area contributed by atoms with E-state index in [1.165, 1.54) is 6.08 Å². The zero-order valence-electron chi connectivity index (χ0n) is 15.3. The minimum Gasteiger partial charge on any atom is -0.462 e. The number of hydrogen-bond acceptors (Lipinski definition) is 7. The number of hydrogen-bond donors (Lipinski definition) is 3. The molecule has 3 N–H and O–H groups in total. The topological polar surface area (TPSA) is 113 Å². The Hall–Kier alpha value is -1.54. The van der Waals surface area contributed by atoms with Gasteiger partial charge in [-0.15, -0.1) is 0 Å². The maximum Gasteiger partial charge on any atom is 0.306 e. The van der Waals surface area contributed by atoms with Crippen molar-refractivity contribution in [3.63, 3.8) is 0 Å². The second-order valence-electron chi connectivity index (χ2n) is 9.15. The number of carbonyl (C=O) groups is 2. The van der Waals surface area contributed by atoms with Crippen molar-refractivity contribution in [3.05, 3.63) is 23.8 Å². The molecule has 9 atom stereocenters. The molecule has 0 aromatic carbocycles. The average molecular weight is 376 g/mol. The maximum atomic E-state index is 12.5. The average Bonchev–Trinajstić information content (AvgIpc) is 2.90. The molecule has 2 aliphatic heterocycles. The summed E-state index contributed by atoms with van der Waals surface area (Å²) in [5, 5.41) is 33.3. The minimum atomic E-state index is -1.98. The van der Waals surface area contributed by atoms with Gasteiger partial charge in [-0.05, 0) is 30.9 Å². The predicted octanol–water partition coefficient (Wildman–Crippen LogP) is 0.0863. The van der Waals surface area contributed by atoms with Gasteiger partial charge in [-0.2, -0.15) is 0 Å². The number of aliphatic hydroxyl groups excluding tert-OH is 2. The molecule has 2 bridgehead atoms. The number of allylic oxidation sites excluding steroid dienone is 1. The molecule has 1 unspecified atom stereocenters. The Balaban J connectivity index is 1.79. The monoisotopic (exact) mass is 376 g/mol. The third-order valence-electron chi connectivity index (χ3n) is 8.19. The molecule has 7 nitrogen and oxygen atoms in total. The molecular formula is C20H24O7. The van der Waals surface area contributed by atoms with Gasteiger partial charge < -0.3 is 24.8 Å². The van der Waals surface area contributed by atoms with Crippen LogP contribution in [0.25, 0.3) is 0 Å². The number of rotatable bonds is 0. The van der Waals surface area contributed by atoms with Crippen molar-refractivity contribution in [1.29, 1.82) is 0 Å². The van der Waals surface area contributed by atoms with Crippen molar-refractivity contribution >= 4 is 11.8 Å². The van der Waals surface area contributed by atoms with E-state index in [4.69, 9.17) is 9.47 Å². The van der Waals surface area contributed by atoms with Crippen LogP contribution in [0.3, 0.4) is 0 Å². The van der Waals surface area contributed by atoms with Gasteiger partial charge in [-0.3, -0.25) is 9.59 Å². The lowest BCUT2D eigenvalue weighted by Gasteiger charge is -2.66. The summed E-state index contributed by atoms with van der Waals surface area (Å²) in [5.74, 6) is -4.25. The van der Waals surface area contributed by atoms with E-state index in [0.717, 1.165) is 5.57 Å². The number of aliphatic hydroxyl groups is 3. The van der Waals surface area contributed by atoms with E-state index in [9.17, 15) is 24.9 Å². The first kappa shape index (κ1) is 17.6. The lowest BCUT2D eigenvalue weighted by atomic mass is 9.39. The Kier molecular flexibility index (Phi) is 3.18. The SMILES string of the molecule is C=C1[C@@H](O)[C@]2(O)OC[C@]34C2[C@@]2(C)[C@H](O)C(=O)C=C(C)[C@@H]2C[C@H]3OC(=O)C[C@@H]14. The van der Waals surface area contributed by atoms with Crippen molar-refractivity contribution in [1.82, 2.24) is 0 Å². The smallest absolute Gasteiger partial charge is 0.306 e. The molecule has 146 valence electrons. The maximum absolute atomic E-state index is 12.5. The van der Waals surface area contributed by atoms with E-state index in [1.807, 2.05) is 6.92 Å². The summed E-state index contributed by atoms with van der Waals surface area (Å²) in [4.78, 5) is 24.8. The molecule has 27 heavy (non-hydrogen) atoms. The van der Waals surface area contributed by atoms with Gasteiger partial charge in [0, 0.05) is 22.7 Å². The number of fused-ring (bicyclic) bond motifs is 1. The number of esters is 1. The highest BCUT2D eigenvalue weighted by Crippen LogP contribution is 2.73. The molecule has 2 saturated carbocycles. The molecule has 5 aliphatic rings.